The van der Waals surface area contributed by atoms with Gasteiger partial charge in [0.05, 0.1) is 5.56 Å². The molecule has 3 aromatic rings. The van der Waals surface area contributed by atoms with Crippen LogP contribution in [0.5, 0.6) is 0 Å². The van der Waals surface area contributed by atoms with Crippen molar-refractivity contribution in [2.75, 3.05) is 20.1 Å². The van der Waals surface area contributed by atoms with E-state index in [4.69, 9.17) is 0 Å². The number of benzene rings is 2. The van der Waals surface area contributed by atoms with Gasteiger partial charge in [0.1, 0.15) is 6.54 Å². The molecule has 2 heterocycles. The number of carbonyl (C=O) groups is 3. The van der Waals surface area contributed by atoms with E-state index >= 15 is 0 Å². The van der Waals surface area contributed by atoms with E-state index in [9.17, 15) is 14.4 Å². The number of hydrogen-bond donors (Lipinski definition) is 0. The fourth-order valence-electron chi connectivity index (χ4n) is 4.34. The highest BCUT2D eigenvalue weighted by Crippen LogP contribution is 2.23. The van der Waals surface area contributed by atoms with Crippen LogP contribution in [0.3, 0.4) is 0 Å². The number of likely N-dealkylation sites (tertiary alicyclic amines) is 1. The monoisotopic (exact) mass is 431 g/mol. The molecule has 6 heteroatoms. The summed E-state index contributed by atoms with van der Waals surface area (Å²) in [5.74, 6) is -1.06. The van der Waals surface area contributed by atoms with E-state index in [1.165, 1.54) is 4.90 Å². The van der Waals surface area contributed by atoms with Crippen LogP contribution in [0.15, 0.2) is 60.8 Å². The van der Waals surface area contributed by atoms with Crippen molar-refractivity contribution in [2.45, 2.75) is 38.8 Å². The largest absolute Gasteiger partial charge is 0.341 e. The zero-order chi connectivity index (χ0) is 22.5. The molecule has 1 fully saturated rings. The Morgan fingerprint density at radius 2 is 1.53 bits per heavy atom. The van der Waals surface area contributed by atoms with Crippen LogP contribution in [0, 0.1) is 0 Å². The summed E-state index contributed by atoms with van der Waals surface area (Å²) in [5, 5.41) is 0.697. The number of likely N-dealkylation sites (N-methyl/N-ethyl adjacent to an activating group) is 1. The molecular weight excluding hydrogens is 402 g/mol. The van der Waals surface area contributed by atoms with Gasteiger partial charge in [-0.05, 0) is 24.5 Å². The minimum absolute atomic E-state index is 0.0548. The number of fused-ring (bicyclic) bond motifs is 1. The standard InChI is InChI=1S/C26H29N3O3/c1-27(17-20-11-5-4-6-12-20)26(32)25(31)22-18-29(23-14-8-7-13-21(22)23)19-24(30)28-15-9-2-3-10-16-28/h4-8,11-14,18H,2-3,9-10,15-17,19H2,1H3. The average Bonchev–Trinajstić information content (AvgIpc) is 2.98. The zero-order valence-corrected chi connectivity index (χ0v) is 18.5. The molecular formula is C26H29N3O3. The summed E-state index contributed by atoms with van der Waals surface area (Å²) in [4.78, 5) is 42.3. The second kappa shape index (κ2) is 9.81. The third kappa shape index (κ3) is 4.74. The van der Waals surface area contributed by atoms with Crippen LogP contribution in [0.4, 0.5) is 0 Å². The van der Waals surface area contributed by atoms with Gasteiger partial charge in [-0.1, -0.05) is 61.4 Å². The van der Waals surface area contributed by atoms with Crippen molar-refractivity contribution in [1.29, 1.82) is 0 Å². The number of nitrogens with zero attached hydrogens (tertiary/aromatic N) is 3. The molecule has 166 valence electrons. The molecule has 0 radical (unpaired) electrons. The normalized spacial score (nSPS) is 14.2. The number of ketones is 1. The molecule has 2 aromatic carbocycles. The lowest BCUT2D eigenvalue weighted by Gasteiger charge is -2.20. The molecule has 1 saturated heterocycles. The van der Waals surface area contributed by atoms with Gasteiger partial charge < -0.3 is 14.4 Å². The van der Waals surface area contributed by atoms with Crippen molar-refractivity contribution < 1.29 is 14.4 Å². The van der Waals surface area contributed by atoms with Crippen LogP contribution in [-0.4, -0.2) is 52.1 Å². The summed E-state index contributed by atoms with van der Waals surface area (Å²) in [7, 11) is 1.63. The van der Waals surface area contributed by atoms with Crippen molar-refractivity contribution in [3.63, 3.8) is 0 Å². The molecule has 0 unspecified atom stereocenters. The predicted molar refractivity (Wildman–Crippen MR) is 124 cm³/mol. The van der Waals surface area contributed by atoms with Crippen LogP contribution in [0.25, 0.3) is 10.9 Å². The van der Waals surface area contributed by atoms with E-state index in [2.05, 4.69) is 0 Å². The maximum absolute atomic E-state index is 13.1. The molecule has 0 bridgehead atoms. The van der Waals surface area contributed by atoms with Gasteiger partial charge in [-0.2, -0.15) is 0 Å². The molecule has 0 atom stereocenters. The second-order valence-corrected chi connectivity index (χ2v) is 8.46. The number of amides is 2. The molecule has 0 aliphatic carbocycles. The van der Waals surface area contributed by atoms with Crippen LogP contribution in [0.2, 0.25) is 0 Å². The van der Waals surface area contributed by atoms with Gasteiger partial charge in [0.2, 0.25) is 5.91 Å². The van der Waals surface area contributed by atoms with Gasteiger partial charge in [-0.3, -0.25) is 14.4 Å². The predicted octanol–water partition coefficient (Wildman–Crippen LogP) is 3.89. The Hall–Kier alpha value is -3.41. The van der Waals surface area contributed by atoms with E-state index < -0.39 is 11.7 Å². The van der Waals surface area contributed by atoms with Crippen molar-refractivity contribution in [1.82, 2.24) is 14.4 Å². The zero-order valence-electron chi connectivity index (χ0n) is 18.5. The molecule has 32 heavy (non-hydrogen) atoms. The Morgan fingerprint density at radius 3 is 2.25 bits per heavy atom. The van der Waals surface area contributed by atoms with Gasteiger partial charge in [-0.25, -0.2) is 0 Å². The number of Topliss-reactive ketones (excluding diaryl/α,β-unsaturated/α-hetero) is 1. The van der Waals surface area contributed by atoms with E-state index in [0.717, 1.165) is 49.9 Å². The third-order valence-electron chi connectivity index (χ3n) is 6.10. The molecule has 0 N–H and O–H groups in total. The highest BCUT2D eigenvalue weighted by molar-refractivity contribution is 6.44. The van der Waals surface area contributed by atoms with E-state index in [1.54, 1.807) is 17.8 Å². The van der Waals surface area contributed by atoms with E-state index in [0.29, 0.717) is 17.5 Å². The maximum Gasteiger partial charge on any atom is 0.295 e. The lowest BCUT2D eigenvalue weighted by Crippen LogP contribution is -2.34. The molecule has 0 saturated carbocycles. The lowest BCUT2D eigenvalue weighted by atomic mass is 10.1. The van der Waals surface area contributed by atoms with Gasteiger partial charge in [0.15, 0.2) is 0 Å². The first-order valence-electron chi connectivity index (χ1n) is 11.2. The first kappa shape index (κ1) is 21.8. The highest BCUT2D eigenvalue weighted by Gasteiger charge is 2.25. The minimum atomic E-state index is -0.560. The first-order valence-corrected chi connectivity index (χ1v) is 11.2. The summed E-state index contributed by atoms with van der Waals surface area (Å²) >= 11 is 0. The lowest BCUT2D eigenvalue weighted by molar-refractivity contribution is -0.131. The second-order valence-electron chi connectivity index (χ2n) is 8.46. The quantitative estimate of drug-likeness (QED) is 0.439. The van der Waals surface area contributed by atoms with E-state index in [-0.39, 0.29) is 12.5 Å². The summed E-state index contributed by atoms with van der Waals surface area (Å²) in [6, 6.07) is 17.0. The van der Waals surface area contributed by atoms with Gasteiger partial charge in [0, 0.05) is 43.8 Å². The number of aromatic nitrogens is 1. The Kier molecular flexibility index (Phi) is 6.69. The van der Waals surface area contributed by atoms with Crippen LogP contribution < -0.4 is 0 Å². The average molecular weight is 432 g/mol. The molecule has 2 amide bonds. The molecule has 6 nitrogen and oxygen atoms in total. The Labute approximate surface area is 188 Å². The maximum atomic E-state index is 13.1. The van der Waals surface area contributed by atoms with Crippen LogP contribution >= 0.6 is 0 Å². The summed E-state index contributed by atoms with van der Waals surface area (Å²) in [6.45, 7) is 2.10. The van der Waals surface area contributed by atoms with Crippen LogP contribution in [0.1, 0.15) is 41.6 Å². The molecule has 0 spiro atoms. The van der Waals surface area contributed by atoms with Gasteiger partial charge in [0.25, 0.3) is 11.7 Å². The Bertz CT molecular complexity index is 1110. The van der Waals surface area contributed by atoms with Gasteiger partial charge in [-0.15, -0.1) is 0 Å². The van der Waals surface area contributed by atoms with Crippen molar-refractivity contribution >= 4 is 28.5 Å². The smallest absolute Gasteiger partial charge is 0.295 e. The summed E-state index contributed by atoms with van der Waals surface area (Å²) < 4.78 is 1.81. The number of rotatable bonds is 6. The Balaban J connectivity index is 1.55. The van der Waals surface area contributed by atoms with Crippen molar-refractivity contribution in [2.24, 2.45) is 0 Å². The Morgan fingerprint density at radius 1 is 0.875 bits per heavy atom. The topological polar surface area (TPSA) is 62.6 Å². The number of para-hydroxylation sites is 1. The van der Waals surface area contributed by atoms with Crippen molar-refractivity contribution in [3.8, 4) is 0 Å². The molecule has 1 aliphatic rings. The molecule has 1 aromatic heterocycles. The third-order valence-corrected chi connectivity index (χ3v) is 6.10. The first-order chi connectivity index (χ1) is 15.5. The fourth-order valence-corrected chi connectivity index (χ4v) is 4.34. The minimum Gasteiger partial charge on any atom is -0.341 e. The number of carbonyl (C=O) groups excluding carboxylic acids is 3. The number of hydrogen-bond acceptors (Lipinski definition) is 3. The summed E-state index contributed by atoms with van der Waals surface area (Å²) in [5.41, 5.74) is 2.09. The van der Waals surface area contributed by atoms with Crippen molar-refractivity contribution in [3.05, 3.63) is 71.9 Å². The summed E-state index contributed by atoms with van der Waals surface area (Å²) in [6.07, 6.45) is 6.05. The highest BCUT2D eigenvalue weighted by atomic mass is 16.2. The molecule has 1 aliphatic heterocycles. The van der Waals surface area contributed by atoms with Gasteiger partial charge >= 0.3 is 0 Å². The molecule has 4 rings (SSSR count). The SMILES string of the molecule is CN(Cc1ccccc1)C(=O)C(=O)c1cn(CC(=O)N2CCCCCC2)c2ccccc12. The fraction of sp³-hybridized carbons (Fsp3) is 0.346. The van der Waals surface area contributed by atoms with Crippen LogP contribution in [-0.2, 0) is 22.7 Å². The van der Waals surface area contributed by atoms with E-state index in [1.807, 2.05) is 59.5 Å².